The smallest absolute Gasteiger partial charge is 0.203 e. The third-order valence-corrected chi connectivity index (χ3v) is 4.40. The quantitative estimate of drug-likeness (QED) is 0.465. The number of carbonyl (C=O) groups excluding carboxylic acids is 1. The number of hydrogen-bond donors (Lipinski definition) is 0. The number of thioether (sulfide) groups is 1. The predicted octanol–water partition coefficient (Wildman–Crippen LogP) is 4.08. The van der Waals surface area contributed by atoms with E-state index < -0.39 is 0 Å². The molecule has 2 aromatic rings. The summed E-state index contributed by atoms with van der Waals surface area (Å²) in [6.07, 6.45) is 5.32. The van der Waals surface area contributed by atoms with E-state index in [0.717, 1.165) is 10.5 Å². The molecule has 0 amide bonds. The first-order valence-corrected chi connectivity index (χ1v) is 8.78. The Balaban J connectivity index is 1.81. The summed E-state index contributed by atoms with van der Waals surface area (Å²) in [7, 11) is 1.58. The number of hydrogen-bond acceptors (Lipinski definition) is 5. The molecule has 2 aromatic carbocycles. The minimum absolute atomic E-state index is 0.0449. The average Bonchev–Trinajstić information content (AvgIpc) is 2.65. The van der Waals surface area contributed by atoms with E-state index in [1.165, 1.54) is 0 Å². The van der Waals surface area contributed by atoms with Crippen molar-refractivity contribution in [1.29, 1.82) is 0 Å². The van der Waals surface area contributed by atoms with Gasteiger partial charge < -0.3 is 14.2 Å². The van der Waals surface area contributed by atoms with E-state index in [1.807, 2.05) is 42.7 Å². The van der Waals surface area contributed by atoms with Crippen molar-refractivity contribution in [3.63, 3.8) is 0 Å². The molecule has 0 atom stereocenters. The van der Waals surface area contributed by atoms with Crippen molar-refractivity contribution < 1.29 is 19.0 Å². The van der Waals surface area contributed by atoms with E-state index >= 15 is 0 Å². The van der Waals surface area contributed by atoms with Gasteiger partial charge in [-0.3, -0.25) is 4.79 Å². The van der Waals surface area contributed by atoms with Crippen molar-refractivity contribution in [3.8, 4) is 17.2 Å². The van der Waals surface area contributed by atoms with Crippen molar-refractivity contribution >= 4 is 23.6 Å². The Bertz CT molecular complexity index is 748. The first kappa shape index (κ1) is 16.5. The van der Waals surface area contributed by atoms with Crippen molar-refractivity contribution in [2.24, 2.45) is 0 Å². The summed E-state index contributed by atoms with van der Waals surface area (Å²) in [6.45, 7) is 1.01. The Morgan fingerprint density at radius 2 is 1.92 bits per heavy atom. The Morgan fingerprint density at radius 1 is 1.17 bits per heavy atom. The topological polar surface area (TPSA) is 44.8 Å². The van der Waals surface area contributed by atoms with Gasteiger partial charge in [0.15, 0.2) is 17.3 Å². The molecule has 4 nitrogen and oxygen atoms in total. The van der Waals surface area contributed by atoms with Gasteiger partial charge in [0.25, 0.3) is 0 Å². The maximum absolute atomic E-state index is 12.3. The first-order valence-electron chi connectivity index (χ1n) is 7.55. The lowest BCUT2D eigenvalue weighted by molar-refractivity contribution is 0.104. The van der Waals surface area contributed by atoms with E-state index in [2.05, 4.69) is 0 Å². The van der Waals surface area contributed by atoms with Gasteiger partial charge in [-0.15, -0.1) is 11.8 Å². The van der Waals surface area contributed by atoms with E-state index in [9.17, 15) is 4.79 Å². The summed E-state index contributed by atoms with van der Waals surface area (Å²) < 4.78 is 16.5. The van der Waals surface area contributed by atoms with Crippen LogP contribution in [0.2, 0.25) is 0 Å². The Labute approximate surface area is 145 Å². The minimum atomic E-state index is -0.0449. The second-order valence-corrected chi connectivity index (χ2v) is 6.05. The lowest BCUT2D eigenvalue weighted by atomic mass is 10.1. The van der Waals surface area contributed by atoms with Crippen LogP contribution in [0.15, 0.2) is 47.4 Å². The maximum atomic E-state index is 12.3. The molecule has 0 radical (unpaired) electrons. The van der Waals surface area contributed by atoms with Gasteiger partial charge in [-0.1, -0.05) is 6.08 Å². The molecule has 0 saturated carbocycles. The lowest BCUT2D eigenvalue weighted by Crippen LogP contribution is -2.16. The molecule has 1 heterocycles. The van der Waals surface area contributed by atoms with Gasteiger partial charge in [0, 0.05) is 10.5 Å². The van der Waals surface area contributed by atoms with Gasteiger partial charge >= 0.3 is 0 Å². The van der Waals surface area contributed by atoms with E-state index in [4.69, 9.17) is 14.2 Å². The highest BCUT2D eigenvalue weighted by atomic mass is 32.2. The largest absolute Gasteiger partial charge is 0.493 e. The van der Waals surface area contributed by atoms with Crippen LogP contribution in [0, 0.1) is 0 Å². The van der Waals surface area contributed by atoms with Crippen molar-refractivity contribution in [3.05, 3.63) is 53.6 Å². The normalized spacial score (nSPS) is 13.1. The number of carbonyl (C=O) groups is 1. The summed E-state index contributed by atoms with van der Waals surface area (Å²) in [6, 6.07) is 11.2. The molecule has 0 unspecified atom stereocenters. The molecule has 0 spiro atoms. The highest BCUT2D eigenvalue weighted by Gasteiger charge is 2.17. The highest BCUT2D eigenvalue weighted by Crippen LogP contribution is 2.40. The molecule has 24 heavy (non-hydrogen) atoms. The molecule has 1 aliphatic rings. The Hall–Kier alpha value is -2.40. The van der Waals surface area contributed by atoms with E-state index in [-0.39, 0.29) is 5.78 Å². The molecule has 0 fully saturated rings. The number of methoxy groups -OCH3 is 1. The third kappa shape index (κ3) is 3.57. The zero-order valence-corrected chi connectivity index (χ0v) is 14.4. The number of allylic oxidation sites excluding steroid dienone is 1. The molecule has 0 bridgehead atoms. The summed E-state index contributed by atoms with van der Waals surface area (Å²) in [4.78, 5) is 13.4. The molecule has 5 heteroatoms. The second kappa shape index (κ2) is 7.45. The van der Waals surface area contributed by atoms with Crippen LogP contribution in [0.5, 0.6) is 17.2 Å². The zero-order chi connectivity index (χ0) is 16.9. The fourth-order valence-electron chi connectivity index (χ4n) is 2.41. The predicted molar refractivity (Wildman–Crippen MR) is 95.6 cm³/mol. The Morgan fingerprint density at radius 3 is 2.62 bits per heavy atom. The summed E-state index contributed by atoms with van der Waals surface area (Å²) in [5, 5.41) is 0. The van der Waals surface area contributed by atoms with Crippen LogP contribution in [0.1, 0.15) is 15.9 Å². The molecule has 1 aliphatic heterocycles. The monoisotopic (exact) mass is 342 g/mol. The molecule has 0 aliphatic carbocycles. The fraction of sp³-hybridized carbons (Fsp3) is 0.211. The van der Waals surface area contributed by atoms with Crippen LogP contribution in [0.25, 0.3) is 6.08 Å². The molecule has 124 valence electrons. The number of fused-ring (bicyclic) bond motifs is 1. The van der Waals surface area contributed by atoms with Crippen molar-refractivity contribution in [1.82, 2.24) is 0 Å². The van der Waals surface area contributed by atoms with E-state index in [0.29, 0.717) is 36.0 Å². The first-order chi connectivity index (χ1) is 11.7. The molecular weight excluding hydrogens is 324 g/mol. The van der Waals surface area contributed by atoms with Crippen molar-refractivity contribution in [2.45, 2.75) is 4.90 Å². The maximum Gasteiger partial charge on any atom is 0.203 e. The standard InChI is InChI=1S/C19H18O4S/c1-21-17-11-13(12-18-19(17)23-10-9-22-18)3-8-16(20)14-4-6-15(24-2)7-5-14/h3-8,11-12H,9-10H2,1-2H3/b8-3+. The van der Waals surface area contributed by atoms with Crippen LogP contribution < -0.4 is 14.2 Å². The van der Waals surface area contributed by atoms with Gasteiger partial charge in [-0.05, 0) is 54.3 Å². The second-order valence-electron chi connectivity index (χ2n) is 5.17. The minimum Gasteiger partial charge on any atom is -0.493 e. The van der Waals surface area contributed by atoms with Crippen LogP contribution in [-0.2, 0) is 0 Å². The number of benzene rings is 2. The summed E-state index contributed by atoms with van der Waals surface area (Å²) in [5.74, 6) is 1.80. The lowest BCUT2D eigenvalue weighted by Gasteiger charge is -2.20. The zero-order valence-electron chi connectivity index (χ0n) is 13.6. The highest BCUT2D eigenvalue weighted by molar-refractivity contribution is 7.98. The molecular formula is C19H18O4S. The SMILES string of the molecule is COc1cc(/C=C/C(=O)c2ccc(SC)cc2)cc2c1OCCO2. The third-order valence-electron chi connectivity index (χ3n) is 3.65. The van der Waals surface area contributed by atoms with Crippen LogP contribution in [0.3, 0.4) is 0 Å². The van der Waals surface area contributed by atoms with Gasteiger partial charge in [0.1, 0.15) is 13.2 Å². The van der Waals surface area contributed by atoms with Crippen molar-refractivity contribution in [2.75, 3.05) is 26.6 Å². The van der Waals surface area contributed by atoms with Crippen LogP contribution >= 0.6 is 11.8 Å². The summed E-state index contributed by atoms with van der Waals surface area (Å²) >= 11 is 1.65. The molecule has 0 aromatic heterocycles. The summed E-state index contributed by atoms with van der Waals surface area (Å²) in [5.41, 5.74) is 1.48. The van der Waals surface area contributed by atoms with Crippen LogP contribution in [0.4, 0.5) is 0 Å². The average molecular weight is 342 g/mol. The van der Waals surface area contributed by atoms with Gasteiger partial charge in [-0.25, -0.2) is 0 Å². The fourth-order valence-corrected chi connectivity index (χ4v) is 2.82. The molecule has 0 saturated heterocycles. The van der Waals surface area contributed by atoms with Gasteiger partial charge in [0.2, 0.25) is 5.75 Å². The van der Waals surface area contributed by atoms with Gasteiger partial charge in [-0.2, -0.15) is 0 Å². The molecule has 0 N–H and O–H groups in total. The van der Waals surface area contributed by atoms with E-state index in [1.54, 1.807) is 31.0 Å². The van der Waals surface area contributed by atoms with Crippen LogP contribution in [-0.4, -0.2) is 32.4 Å². The number of ether oxygens (including phenoxy) is 3. The molecule has 3 rings (SSSR count). The Kier molecular flexibility index (Phi) is 5.11. The number of rotatable bonds is 5. The number of ketones is 1. The van der Waals surface area contributed by atoms with Gasteiger partial charge in [0.05, 0.1) is 7.11 Å².